The third-order valence-corrected chi connectivity index (χ3v) is 4.77. The molecule has 3 rings (SSSR count). The number of hydrogen-bond donors (Lipinski definition) is 1. The van der Waals surface area contributed by atoms with Gasteiger partial charge in [0.25, 0.3) is 0 Å². The van der Waals surface area contributed by atoms with Crippen molar-refractivity contribution in [3.8, 4) is 5.75 Å². The Morgan fingerprint density at radius 1 is 1.19 bits per heavy atom. The normalized spacial score (nSPS) is 19.9. The fourth-order valence-electron chi connectivity index (χ4n) is 3.01. The van der Waals surface area contributed by atoms with Crippen LogP contribution in [0.15, 0.2) is 53.5 Å². The summed E-state index contributed by atoms with van der Waals surface area (Å²) in [6.45, 7) is 6.38. The number of carboxylic acid groups (broad SMARTS) is 1. The number of ether oxygens (including phenoxy) is 2. The molecule has 0 bridgehead atoms. The number of rotatable bonds is 7. The first-order valence-corrected chi connectivity index (χ1v) is 9.18. The molecular weight excluding hydrogens is 342 g/mol. The minimum absolute atomic E-state index is 0.0264. The molecule has 142 valence electrons. The van der Waals surface area contributed by atoms with Crippen LogP contribution in [0.1, 0.15) is 42.9 Å². The SMILES string of the molecule is Cc1ccc(C2=NC(COc3ccc(C(C)CC(=O)O)cc3)C(C)O2)cc1. The van der Waals surface area contributed by atoms with E-state index in [1.54, 1.807) is 0 Å². The molecule has 0 fully saturated rings. The Labute approximate surface area is 159 Å². The molecule has 0 saturated carbocycles. The second-order valence-corrected chi connectivity index (χ2v) is 7.07. The van der Waals surface area contributed by atoms with Crippen LogP contribution in [0.2, 0.25) is 0 Å². The van der Waals surface area contributed by atoms with Crippen molar-refractivity contribution in [2.24, 2.45) is 4.99 Å². The van der Waals surface area contributed by atoms with Gasteiger partial charge in [-0.3, -0.25) is 4.79 Å². The van der Waals surface area contributed by atoms with E-state index in [1.165, 1.54) is 5.56 Å². The lowest BCUT2D eigenvalue weighted by Gasteiger charge is -2.15. The molecule has 3 atom stereocenters. The second-order valence-electron chi connectivity index (χ2n) is 7.07. The number of carboxylic acids is 1. The molecule has 5 nitrogen and oxygen atoms in total. The van der Waals surface area contributed by atoms with E-state index < -0.39 is 5.97 Å². The van der Waals surface area contributed by atoms with Crippen LogP contribution in [0.25, 0.3) is 0 Å². The van der Waals surface area contributed by atoms with Gasteiger partial charge in [0.05, 0.1) is 6.42 Å². The topological polar surface area (TPSA) is 68.1 Å². The van der Waals surface area contributed by atoms with Crippen LogP contribution in [0.4, 0.5) is 0 Å². The summed E-state index contributed by atoms with van der Waals surface area (Å²) >= 11 is 0. The summed E-state index contributed by atoms with van der Waals surface area (Å²) in [5, 5.41) is 8.90. The van der Waals surface area contributed by atoms with Crippen LogP contribution in [0, 0.1) is 6.92 Å². The quantitative estimate of drug-likeness (QED) is 0.797. The number of aryl methyl sites for hydroxylation is 1. The molecule has 5 heteroatoms. The van der Waals surface area contributed by atoms with Crippen molar-refractivity contribution < 1.29 is 19.4 Å². The molecule has 0 aromatic heterocycles. The lowest BCUT2D eigenvalue weighted by atomic mass is 9.98. The highest BCUT2D eigenvalue weighted by atomic mass is 16.5. The van der Waals surface area contributed by atoms with Crippen LogP contribution in [0.5, 0.6) is 5.75 Å². The van der Waals surface area contributed by atoms with Gasteiger partial charge in [-0.2, -0.15) is 0 Å². The fraction of sp³-hybridized carbons (Fsp3) is 0.364. The molecule has 1 N–H and O–H groups in total. The van der Waals surface area contributed by atoms with Gasteiger partial charge in [-0.1, -0.05) is 36.8 Å². The molecule has 1 aliphatic rings. The monoisotopic (exact) mass is 367 g/mol. The number of aliphatic carboxylic acids is 1. The van der Waals surface area contributed by atoms with E-state index in [1.807, 2.05) is 69.3 Å². The van der Waals surface area contributed by atoms with Gasteiger partial charge in [0.15, 0.2) is 0 Å². The van der Waals surface area contributed by atoms with Gasteiger partial charge in [0.2, 0.25) is 5.90 Å². The number of benzene rings is 2. The van der Waals surface area contributed by atoms with E-state index in [0.29, 0.717) is 12.5 Å². The summed E-state index contributed by atoms with van der Waals surface area (Å²) in [6, 6.07) is 15.6. The molecule has 0 radical (unpaired) electrons. The predicted molar refractivity (Wildman–Crippen MR) is 105 cm³/mol. The summed E-state index contributed by atoms with van der Waals surface area (Å²) in [6.07, 6.45) is 0.0735. The maximum atomic E-state index is 10.8. The molecule has 0 saturated heterocycles. The van der Waals surface area contributed by atoms with Gasteiger partial charge in [-0.05, 0) is 49.6 Å². The Morgan fingerprint density at radius 3 is 2.48 bits per heavy atom. The third kappa shape index (κ3) is 4.88. The lowest BCUT2D eigenvalue weighted by Crippen LogP contribution is -2.25. The van der Waals surface area contributed by atoms with Crippen molar-refractivity contribution in [1.82, 2.24) is 0 Å². The zero-order valence-electron chi connectivity index (χ0n) is 15.9. The average molecular weight is 367 g/mol. The molecular formula is C22H25NO4. The number of nitrogens with zero attached hydrogens (tertiary/aromatic N) is 1. The molecule has 0 amide bonds. The molecule has 27 heavy (non-hydrogen) atoms. The molecule has 1 heterocycles. The molecule has 3 unspecified atom stereocenters. The van der Waals surface area contributed by atoms with Crippen molar-refractivity contribution in [1.29, 1.82) is 0 Å². The van der Waals surface area contributed by atoms with E-state index in [-0.39, 0.29) is 24.5 Å². The number of carbonyl (C=O) groups is 1. The van der Waals surface area contributed by atoms with Crippen LogP contribution >= 0.6 is 0 Å². The summed E-state index contributed by atoms with van der Waals surface area (Å²) < 4.78 is 11.8. The van der Waals surface area contributed by atoms with Crippen molar-refractivity contribution in [3.05, 3.63) is 65.2 Å². The van der Waals surface area contributed by atoms with Gasteiger partial charge in [-0.25, -0.2) is 4.99 Å². The van der Waals surface area contributed by atoms with Crippen LogP contribution in [0.3, 0.4) is 0 Å². The van der Waals surface area contributed by atoms with Crippen LogP contribution < -0.4 is 4.74 Å². The first-order valence-electron chi connectivity index (χ1n) is 9.18. The summed E-state index contributed by atoms with van der Waals surface area (Å²) in [7, 11) is 0. The Balaban J connectivity index is 1.59. The van der Waals surface area contributed by atoms with E-state index in [9.17, 15) is 4.79 Å². The van der Waals surface area contributed by atoms with Gasteiger partial charge in [0, 0.05) is 5.56 Å². The average Bonchev–Trinajstić information content (AvgIpc) is 3.01. The van der Waals surface area contributed by atoms with Crippen molar-refractivity contribution in [3.63, 3.8) is 0 Å². The first kappa shape index (κ1) is 19.0. The van der Waals surface area contributed by atoms with Gasteiger partial charge in [0.1, 0.15) is 24.5 Å². The fourth-order valence-corrected chi connectivity index (χ4v) is 3.01. The van der Waals surface area contributed by atoms with Gasteiger partial charge < -0.3 is 14.6 Å². The maximum Gasteiger partial charge on any atom is 0.303 e. The van der Waals surface area contributed by atoms with E-state index in [4.69, 9.17) is 14.6 Å². The maximum absolute atomic E-state index is 10.8. The highest BCUT2D eigenvalue weighted by Crippen LogP contribution is 2.23. The smallest absolute Gasteiger partial charge is 0.303 e. The minimum Gasteiger partial charge on any atom is -0.491 e. The van der Waals surface area contributed by atoms with E-state index >= 15 is 0 Å². The number of aliphatic imine (C=N–C) groups is 1. The Bertz CT molecular complexity index is 811. The molecule has 0 aliphatic carbocycles. The Kier molecular flexibility index (Phi) is 5.79. The second kappa shape index (κ2) is 8.25. The van der Waals surface area contributed by atoms with E-state index in [2.05, 4.69) is 4.99 Å². The first-order chi connectivity index (χ1) is 12.9. The van der Waals surface area contributed by atoms with Crippen LogP contribution in [-0.4, -0.2) is 35.7 Å². The molecule has 2 aromatic carbocycles. The largest absolute Gasteiger partial charge is 0.491 e. The van der Waals surface area contributed by atoms with Gasteiger partial charge in [-0.15, -0.1) is 0 Å². The zero-order chi connectivity index (χ0) is 19.4. The van der Waals surface area contributed by atoms with Crippen molar-refractivity contribution in [2.45, 2.75) is 45.3 Å². The highest BCUT2D eigenvalue weighted by Gasteiger charge is 2.28. The van der Waals surface area contributed by atoms with Crippen LogP contribution in [-0.2, 0) is 9.53 Å². The lowest BCUT2D eigenvalue weighted by molar-refractivity contribution is -0.137. The Hall–Kier alpha value is -2.82. The standard InChI is InChI=1S/C22H25NO4/c1-14-4-6-18(7-5-14)22-23-20(16(3)27-22)13-26-19-10-8-17(9-11-19)15(2)12-21(24)25/h4-11,15-16,20H,12-13H2,1-3H3,(H,24,25). The molecule has 0 spiro atoms. The predicted octanol–water partition coefficient (Wildman–Crippen LogP) is 4.19. The summed E-state index contributed by atoms with van der Waals surface area (Å²) in [4.78, 5) is 15.5. The Morgan fingerprint density at radius 2 is 1.85 bits per heavy atom. The number of hydrogen-bond acceptors (Lipinski definition) is 4. The highest BCUT2D eigenvalue weighted by molar-refractivity contribution is 5.95. The van der Waals surface area contributed by atoms with Crippen molar-refractivity contribution >= 4 is 11.9 Å². The van der Waals surface area contributed by atoms with Crippen molar-refractivity contribution in [2.75, 3.05) is 6.61 Å². The van der Waals surface area contributed by atoms with Gasteiger partial charge >= 0.3 is 5.97 Å². The summed E-state index contributed by atoms with van der Waals surface area (Å²) in [5.74, 6) is 0.586. The third-order valence-electron chi connectivity index (χ3n) is 4.77. The zero-order valence-corrected chi connectivity index (χ0v) is 15.9. The summed E-state index contributed by atoms with van der Waals surface area (Å²) in [5.41, 5.74) is 3.17. The van der Waals surface area contributed by atoms with E-state index in [0.717, 1.165) is 16.9 Å². The minimum atomic E-state index is -0.791. The molecule has 2 aromatic rings. The molecule has 1 aliphatic heterocycles.